The molecule has 0 saturated carbocycles. The Balaban J connectivity index is 5.42. The second kappa shape index (κ2) is 13.8. The molecule has 0 aliphatic carbocycles. The summed E-state index contributed by atoms with van der Waals surface area (Å²) in [5.41, 5.74) is 5.40. The largest absolute Gasteiger partial charge is 0.481 e. The highest BCUT2D eigenvalue weighted by Gasteiger charge is 2.30. The van der Waals surface area contributed by atoms with Crippen molar-refractivity contribution in [1.82, 2.24) is 16.0 Å². The van der Waals surface area contributed by atoms with E-state index in [1.165, 1.54) is 0 Å². The summed E-state index contributed by atoms with van der Waals surface area (Å²) in [6.07, 6.45) is -0.573. The van der Waals surface area contributed by atoms with Crippen LogP contribution in [-0.2, 0) is 24.0 Å². The van der Waals surface area contributed by atoms with Gasteiger partial charge >= 0.3 is 11.9 Å². The van der Waals surface area contributed by atoms with E-state index in [1.807, 2.05) is 0 Å². The molecular weight excluding hydrogens is 420 g/mol. The number of hydrogen-bond acceptors (Lipinski definition) is 8. The molecule has 0 aliphatic heterocycles. The first-order valence-corrected chi connectivity index (χ1v) is 9.89. The van der Waals surface area contributed by atoms with E-state index < -0.39 is 66.9 Å². The Bertz CT molecular complexity index is 631. The van der Waals surface area contributed by atoms with E-state index in [-0.39, 0.29) is 24.5 Å². The molecule has 0 spiro atoms. The predicted octanol–water partition coefficient (Wildman–Crippen LogP) is -2.31. The first-order chi connectivity index (χ1) is 13.9. The number of thiol groups is 1. The number of hydrogen-bond donors (Lipinski definition) is 8. The van der Waals surface area contributed by atoms with Gasteiger partial charge in [0.05, 0.1) is 6.61 Å². The lowest BCUT2D eigenvalue weighted by Gasteiger charge is -2.25. The van der Waals surface area contributed by atoms with Gasteiger partial charge in [-0.05, 0) is 18.8 Å². The van der Waals surface area contributed by atoms with Gasteiger partial charge in [-0.3, -0.25) is 19.2 Å². The first-order valence-electron chi connectivity index (χ1n) is 9.25. The summed E-state index contributed by atoms with van der Waals surface area (Å²) in [6.45, 7) is 2.88. The van der Waals surface area contributed by atoms with Gasteiger partial charge in [0.15, 0.2) is 0 Å². The Hall–Kier alpha value is -2.38. The number of aliphatic hydroxyl groups is 1. The van der Waals surface area contributed by atoms with Crippen LogP contribution in [-0.4, -0.2) is 81.5 Å². The zero-order valence-electron chi connectivity index (χ0n) is 16.8. The van der Waals surface area contributed by atoms with Crippen molar-refractivity contribution in [3.8, 4) is 0 Å². The van der Waals surface area contributed by atoms with Crippen molar-refractivity contribution in [1.29, 1.82) is 0 Å². The standard InChI is InChI=1S/C17H30N4O8S/c1-8(2)5-11(16(27)21-12(7-30)17(28)29)20-15(26)10(3-4-13(23)24)19-14(25)9(18)6-22/h8-12,22,30H,3-7,18H2,1-2H3,(H,19,25)(H,20,26)(H,21,27)(H,23,24)(H,28,29). The molecule has 4 unspecified atom stereocenters. The normalized spacial score (nSPS) is 14.9. The number of amides is 3. The predicted molar refractivity (Wildman–Crippen MR) is 109 cm³/mol. The zero-order chi connectivity index (χ0) is 23.4. The van der Waals surface area contributed by atoms with E-state index in [9.17, 15) is 24.0 Å². The Kier molecular flexibility index (Phi) is 12.7. The minimum atomic E-state index is -1.33. The fourth-order valence-electron chi connectivity index (χ4n) is 2.33. The zero-order valence-corrected chi connectivity index (χ0v) is 17.7. The number of carboxylic acid groups (broad SMARTS) is 2. The molecule has 0 aromatic rings. The highest BCUT2D eigenvalue weighted by atomic mass is 32.1. The second-order valence-electron chi connectivity index (χ2n) is 7.06. The SMILES string of the molecule is CC(C)CC(NC(=O)C(CCC(=O)O)NC(=O)C(N)CO)C(=O)NC(CS)C(=O)O. The van der Waals surface area contributed by atoms with Gasteiger partial charge < -0.3 is 37.0 Å². The maximum Gasteiger partial charge on any atom is 0.327 e. The van der Waals surface area contributed by atoms with Crippen molar-refractivity contribution in [3.05, 3.63) is 0 Å². The number of aliphatic hydroxyl groups excluding tert-OH is 1. The molecule has 172 valence electrons. The van der Waals surface area contributed by atoms with Gasteiger partial charge in [-0.15, -0.1) is 0 Å². The molecule has 0 rings (SSSR count). The van der Waals surface area contributed by atoms with E-state index >= 15 is 0 Å². The van der Waals surface area contributed by atoms with Crippen molar-refractivity contribution in [2.45, 2.75) is 57.3 Å². The molecule has 0 heterocycles. The van der Waals surface area contributed by atoms with Gasteiger partial charge in [0.2, 0.25) is 17.7 Å². The van der Waals surface area contributed by atoms with Crippen LogP contribution in [0, 0.1) is 5.92 Å². The maximum absolute atomic E-state index is 12.7. The number of rotatable bonds is 14. The van der Waals surface area contributed by atoms with Crippen molar-refractivity contribution < 1.29 is 39.3 Å². The molecule has 8 N–H and O–H groups in total. The fourth-order valence-corrected chi connectivity index (χ4v) is 2.58. The lowest BCUT2D eigenvalue weighted by molar-refractivity contribution is -0.141. The smallest absolute Gasteiger partial charge is 0.327 e. The minimum absolute atomic E-state index is 0.0600. The lowest BCUT2D eigenvalue weighted by Crippen LogP contribution is -2.57. The van der Waals surface area contributed by atoms with Crippen LogP contribution in [0.3, 0.4) is 0 Å². The monoisotopic (exact) mass is 450 g/mol. The molecule has 30 heavy (non-hydrogen) atoms. The van der Waals surface area contributed by atoms with E-state index in [4.69, 9.17) is 21.1 Å². The Morgan fingerprint density at radius 3 is 1.83 bits per heavy atom. The van der Waals surface area contributed by atoms with Crippen LogP contribution < -0.4 is 21.7 Å². The molecule has 4 atom stereocenters. The van der Waals surface area contributed by atoms with Crippen LogP contribution >= 0.6 is 12.6 Å². The molecule has 13 heteroatoms. The average molecular weight is 451 g/mol. The van der Waals surface area contributed by atoms with E-state index in [0.717, 1.165) is 0 Å². The van der Waals surface area contributed by atoms with Gasteiger partial charge in [-0.2, -0.15) is 12.6 Å². The summed E-state index contributed by atoms with van der Waals surface area (Å²) < 4.78 is 0. The average Bonchev–Trinajstić information content (AvgIpc) is 2.66. The Labute approximate surface area is 179 Å². The van der Waals surface area contributed by atoms with Crippen molar-refractivity contribution in [3.63, 3.8) is 0 Å². The molecule has 0 fully saturated rings. The van der Waals surface area contributed by atoms with Gasteiger partial charge in [-0.25, -0.2) is 4.79 Å². The number of carboxylic acids is 2. The third-order valence-electron chi connectivity index (χ3n) is 3.95. The van der Waals surface area contributed by atoms with Crippen LogP contribution in [0.4, 0.5) is 0 Å². The number of aliphatic carboxylic acids is 2. The summed E-state index contributed by atoms with van der Waals surface area (Å²) in [7, 11) is 0. The molecule has 0 aliphatic rings. The van der Waals surface area contributed by atoms with Gasteiger partial charge in [0.1, 0.15) is 24.2 Å². The van der Waals surface area contributed by atoms with Crippen molar-refractivity contribution in [2.75, 3.05) is 12.4 Å². The first kappa shape index (κ1) is 27.6. The quantitative estimate of drug-likeness (QED) is 0.133. The van der Waals surface area contributed by atoms with Crippen LogP contribution in [0.1, 0.15) is 33.1 Å². The van der Waals surface area contributed by atoms with Gasteiger partial charge in [-0.1, -0.05) is 13.8 Å². The summed E-state index contributed by atoms with van der Waals surface area (Å²) in [6, 6.07) is -5.03. The minimum Gasteiger partial charge on any atom is -0.481 e. The molecule has 12 nitrogen and oxygen atoms in total. The van der Waals surface area contributed by atoms with Gasteiger partial charge in [0, 0.05) is 12.2 Å². The van der Waals surface area contributed by atoms with Gasteiger partial charge in [0.25, 0.3) is 0 Å². The van der Waals surface area contributed by atoms with Crippen LogP contribution in [0.15, 0.2) is 0 Å². The molecule has 0 bridgehead atoms. The van der Waals surface area contributed by atoms with Crippen molar-refractivity contribution >= 4 is 42.3 Å². The molecule has 0 aromatic heterocycles. The van der Waals surface area contributed by atoms with E-state index in [2.05, 4.69) is 28.6 Å². The molecular formula is C17H30N4O8S. The topological polar surface area (TPSA) is 208 Å². The number of nitrogens with one attached hydrogen (secondary N) is 3. The third kappa shape index (κ3) is 10.4. The third-order valence-corrected chi connectivity index (χ3v) is 4.32. The number of carbonyl (C=O) groups excluding carboxylic acids is 3. The number of carbonyl (C=O) groups is 5. The highest BCUT2D eigenvalue weighted by molar-refractivity contribution is 7.80. The summed E-state index contributed by atoms with van der Waals surface area (Å²) >= 11 is 3.86. The second-order valence-corrected chi connectivity index (χ2v) is 7.42. The molecule has 0 aromatic carbocycles. The molecule has 0 saturated heterocycles. The van der Waals surface area contributed by atoms with Crippen LogP contribution in [0.25, 0.3) is 0 Å². The Morgan fingerprint density at radius 2 is 1.40 bits per heavy atom. The van der Waals surface area contributed by atoms with Crippen LogP contribution in [0.2, 0.25) is 0 Å². The van der Waals surface area contributed by atoms with Crippen LogP contribution in [0.5, 0.6) is 0 Å². The fraction of sp³-hybridized carbons (Fsp3) is 0.706. The maximum atomic E-state index is 12.7. The summed E-state index contributed by atoms with van der Waals surface area (Å²) in [4.78, 5) is 59.0. The lowest BCUT2D eigenvalue weighted by atomic mass is 10.0. The van der Waals surface area contributed by atoms with Crippen molar-refractivity contribution in [2.24, 2.45) is 11.7 Å². The van der Waals surface area contributed by atoms with E-state index in [1.54, 1.807) is 13.8 Å². The van der Waals surface area contributed by atoms with E-state index in [0.29, 0.717) is 0 Å². The Morgan fingerprint density at radius 1 is 0.900 bits per heavy atom. The molecule has 3 amide bonds. The number of nitrogens with two attached hydrogens (primary N) is 1. The summed E-state index contributed by atoms with van der Waals surface area (Å²) in [5.74, 6) is -5.19. The highest BCUT2D eigenvalue weighted by Crippen LogP contribution is 2.08. The molecule has 0 radical (unpaired) electrons. The summed E-state index contributed by atoms with van der Waals surface area (Å²) in [5, 5.41) is 33.8.